The van der Waals surface area contributed by atoms with Crippen LogP contribution >= 0.6 is 0 Å². The number of amides is 1. The summed E-state index contributed by atoms with van der Waals surface area (Å²) in [6.45, 7) is 4.93. The zero-order chi connectivity index (χ0) is 33.2. The normalized spacial score (nSPS) is 29.9. The minimum atomic E-state index is -3.09. The summed E-state index contributed by atoms with van der Waals surface area (Å²) < 4.78 is 31.2. The Kier molecular flexibility index (Phi) is 10.3. The van der Waals surface area contributed by atoms with Crippen molar-refractivity contribution in [2.75, 3.05) is 63.9 Å². The van der Waals surface area contributed by atoms with Gasteiger partial charge in [0.15, 0.2) is 0 Å². The van der Waals surface area contributed by atoms with Crippen LogP contribution in [0.4, 0.5) is 5.69 Å². The van der Waals surface area contributed by atoms with Gasteiger partial charge in [-0.25, -0.2) is 4.21 Å². The number of ketones is 1. The van der Waals surface area contributed by atoms with Gasteiger partial charge < -0.3 is 19.3 Å². The highest BCUT2D eigenvalue weighted by Gasteiger charge is 2.44. The van der Waals surface area contributed by atoms with E-state index in [0.29, 0.717) is 43.4 Å². The molecule has 1 fully saturated rings. The first-order valence-electron chi connectivity index (χ1n) is 17.3. The van der Waals surface area contributed by atoms with Crippen LogP contribution < -0.4 is 9.64 Å². The quantitative estimate of drug-likeness (QED) is 0.352. The van der Waals surface area contributed by atoms with Gasteiger partial charge in [-0.15, -0.1) is 0 Å². The topological polar surface area (TPSA) is 88.5 Å². The van der Waals surface area contributed by atoms with Crippen LogP contribution in [0.5, 0.6) is 5.75 Å². The number of carbonyl (C=O) groups excluding carboxylic acids is 2. The Morgan fingerprint density at radius 3 is 2.79 bits per heavy atom. The second-order valence-electron chi connectivity index (χ2n) is 14.5. The number of rotatable bonds is 6. The fraction of sp³-hybridized carbons (Fsp3) is 0.579. The summed E-state index contributed by atoms with van der Waals surface area (Å²) in [6, 6.07) is 12.4. The van der Waals surface area contributed by atoms with Crippen molar-refractivity contribution < 1.29 is 23.3 Å². The maximum absolute atomic E-state index is 14.2. The van der Waals surface area contributed by atoms with Crippen LogP contribution in [0.1, 0.15) is 72.0 Å². The molecule has 0 N–H and O–H groups in total. The van der Waals surface area contributed by atoms with Crippen LogP contribution in [0.15, 0.2) is 52.9 Å². The average Bonchev–Trinajstić information content (AvgIpc) is 3.17. The van der Waals surface area contributed by atoms with Gasteiger partial charge in [0.25, 0.3) is 5.91 Å². The highest BCUT2D eigenvalue weighted by molar-refractivity contribution is 7.94. The monoisotopic (exact) mass is 661 g/mol. The Morgan fingerprint density at radius 1 is 1.17 bits per heavy atom. The zero-order valence-electron chi connectivity index (χ0n) is 28.5. The lowest BCUT2D eigenvalue weighted by atomic mass is 9.68. The predicted octanol–water partition coefficient (Wildman–Crippen LogP) is 5.99. The average molecular weight is 662 g/mol. The van der Waals surface area contributed by atoms with Crippen LogP contribution in [-0.4, -0.2) is 85.9 Å². The Bertz CT molecular complexity index is 1640. The number of nitrogens with zero attached hydrogens (tertiary/aromatic N) is 3. The van der Waals surface area contributed by atoms with E-state index in [1.165, 1.54) is 16.7 Å². The molecule has 4 aliphatic rings. The third-order valence-electron chi connectivity index (χ3n) is 10.7. The summed E-state index contributed by atoms with van der Waals surface area (Å²) in [5, 5.41) is 0. The molecule has 2 aliphatic heterocycles. The van der Waals surface area contributed by atoms with E-state index in [4.69, 9.17) is 9.47 Å². The number of anilines is 1. The van der Waals surface area contributed by atoms with E-state index in [2.05, 4.69) is 46.5 Å². The van der Waals surface area contributed by atoms with Crippen molar-refractivity contribution in [3.63, 3.8) is 0 Å². The zero-order valence-corrected chi connectivity index (χ0v) is 29.4. The van der Waals surface area contributed by atoms with Gasteiger partial charge in [-0.1, -0.05) is 35.9 Å². The first-order chi connectivity index (χ1) is 22.6. The highest BCUT2D eigenvalue weighted by Crippen LogP contribution is 2.46. The van der Waals surface area contributed by atoms with E-state index in [1.54, 1.807) is 13.2 Å². The molecule has 0 aromatic heterocycles. The minimum absolute atomic E-state index is 0.00580. The molecule has 2 heterocycles. The number of hydrogen-bond donors (Lipinski definition) is 0. The summed E-state index contributed by atoms with van der Waals surface area (Å²) in [4.78, 5) is 31.1. The number of Topliss-reactive ketones (excluding diaryl/α,β-unsaturated/α-hetero) is 1. The molecule has 1 spiro atoms. The Morgan fingerprint density at radius 2 is 2.02 bits per heavy atom. The largest absolute Gasteiger partial charge is 0.490 e. The summed E-state index contributed by atoms with van der Waals surface area (Å²) in [7, 11) is 2.50. The molecule has 1 saturated carbocycles. The fourth-order valence-corrected chi connectivity index (χ4v) is 10.00. The van der Waals surface area contributed by atoms with E-state index < -0.39 is 15.6 Å². The lowest BCUT2D eigenvalue weighted by Gasteiger charge is -2.46. The molecule has 1 unspecified atom stereocenters. The Labute approximate surface area is 281 Å². The van der Waals surface area contributed by atoms with Gasteiger partial charge in [-0.2, -0.15) is 4.36 Å². The van der Waals surface area contributed by atoms with E-state index in [9.17, 15) is 13.8 Å². The second kappa shape index (κ2) is 14.2. The number of methoxy groups -OCH3 is 1. The molecule has 6 rings (SSSR count). The van der Waals surface area contributed by atoms with E-state index >= 15 is 0 Å². The SMILES string of the molecule is CO[C@H]1/C=C/CCCS(=O)(CC(=O)CCN(C)C)=NC(=O)c2ccc3c(c2)N(C[C@@H]2CC[C@H]21)C[C@@]1(CCCc2cc(C)ccc21)CO3. The molecular formula is C38H51N3O5S. The number of fused-ring (bicyclic) bond motifs is 4. The third-order valence-corrected chi connectivity index (χ3v) is 12.9. The standard InChI is InChI=1S/C38H51N3O5S/c1-27-11-15-33-28(21-27)9-8-18-38(33)25-41-23-30-12-14-32(30)35(45-4)10-6-5-7-20-47(44,24-31(42)17-19-40(2)3)39-37(43)29-13-16-36(46-26-38)34(41)22-29/h6,10-11,13,15-16,21-22,30,32,35H,5,7-9,12,14,17-20,23-26H2,1-4H3/b10-6+/t30-,32+,35-,38-,47?/m0/s1. The number of aryl methyl sites for hydroxylation is 2. The van der Waals surface area contributed by atoms with Crippen molar-refractivity contribution in [1.29, 1.82) is 0 Å². The van der Waals surface area contributed by atoms with Crippen LogP contribution in [0.25, 0.3) is 0 Å². The Balaban J connectivity index is 1.40. The van der Waals surface area contributed by atoms with Gasteiger partial charge >= 0.3 is 0 Å². The van der Waals surface area contributed by atoms with E-state index in [1.807, 2.05) is 31.1 Å². The Hall–Kier alpha value is -3.01. The number of benzene rings is 2. The maximum atomic E-state index is 14.2. The molecule has 2 aliphatic carbocycles. The van der Waals surface area contributed by atoms with Crippen LogP contribution in [0.2, 0.25) is 0 Å². The first-order valence-corrected chi connectivity index (χ1v) is 19.2. The molecular weight excluding hydrogens is 611 g/mol. The van der Waals surface area contributed by atoms with Crippen LogP contribution in [0, 0.1) is 18.8 Å². The molecule has 8 nitrogen and oxygen atoms in total. The van der Waals surface area contributed by atoms with E-state index in [-0.39, 0.29) is 35.2 Å². The van der Waals surface area contributed by atoms with Crippen molar-refractivity contribution in [1.82, 2.24) is 4.90 Å². The smallest absolute Gasteiger partial charge is 0.285 e. The molecule has 254 valence electrons. The maximum Gasteiger partial charge on any atom is 0.285 e. The molecule has 5 atom stereocenters. The van der Waals surface area contributed by atoms with Crippen molar-refractivity contribution in [2.45, 2.75) is 69.8 Å². The molecule has 0 radical (unpaired) electrons. The molecule has 0 saturated heterocycles. The summed E-state index contributed by atoms with van der Waals surface area (Å²) >= 11 is 0. The van der Waals surface area contributed by atoms with Crippen molar-refractivity contribution in [2.24, 2.45) is 16.2 Å². The van der Waals surface area contributed by atoms with Crippen molar-refractivity contribution in [3.8, 4) is 5.75 Å². The number of hydrogen-bond acceptors (Lipinski definition) is 7. The lowest BCUT2D eigenvalue weighted by Crippen LogP contribution is -2.49. The highest BCUT2D eigenvalue weighted by atomic mass is 32.2. The number of carbonyl (C=O) groups is 2. The molecule has 47 heavy (non-hydrogen) atoms. The predicted molar refractivity (Wildman–Crippen MR) is 188 cm³/mol. The summed E-state index contributed by atoms with van der Waals surface area (Å²) in [6.07, 6.45) is 11.3. The van der Waals surface area contributed by atoms with Crippen LogP contribution in [0.3, 0.4) is 0 Å². The van der Waals surface area contributed by atoms with Gasteiger partial charge in [0.2, 0.25) is 0 Å². The molecule has 2 aromatic carbocycles. The summed E-state index contributed by atoms with van der Waals surface area (Å²) in [5.41, 5.74) is 5.17. The van der Waals surface area contributed by atoms with Gasteiger partial charge in [0.1, 0.15) is 11.5 Å². The second-order valence-corrected chi connectivity index (χ2v) is 17.0. The third kappa shape index (κ3) is 7.52. The van der Waals surface area contributed by atoms with Gasteiger partial charge in [-0.05, 0) is 107 Å². The molecule has 2 aromatic rings. The minimum Gasteiger partial charge on any atom is -0.490 e. The van der Waals surface area contributed by atoms with Gasteiger partial charge in [0, 0.05) is 49.9 Å². The van der Waals surface area contributed by atoms with Crippen molar-refractivity contribution in [3.05, 3.63) is 70.8 Å². The number of ether oxygens (including phenoxy) is 2. The molecule has 9 heteroatoms. The number of allylic oxidation sites excluding steroid dienone is 1. The van der Waals surface area contributed by atoms with Crippen LogP contribution in [-0.2, 0) is 31.1 Å². The van der Waals surface area contributed by atoms with Gasteiger partial charge in [0.05, 0.1) is 33.9 Å². The fourth-order valence-electron chi connectivity index (χ4n) is 8.02. The van der Waals surface area contributed by atoms with E-state index in [0.717, 1.165) is 56.6 Å². The first kappa shape index (κ1) is 33.9. The molecule has 1 amide bonds. The van der Waals surface area contributed by atoms with Gasteiger partial charge in [-0.3, -0.25) is 9.59 Å². The lowest BCUT2D eigenvalue weighted by molar-refractivity contribution is -0.116. The molecule has 2 bridgehead atoms. The summed E-state index contributed by atoms with van der Waals surface area (Å²) in [5.74, 6) is 0.932. The van der Waals surface area contributed by atoms with Crippen molar-refractivity contribution >= 4 is 27.1 Å².